The highest BCUT2D eigenvalue weighted by molar-refractivity contribution is 5.78. The molecule has 1 aromatic carbocycles. The molecule has 10 nitrogen and oxygen atoms in total. The Labute approximate surface area is 219 Å². The van der Waals surface area contributed by atoms with Crippen molar-refractivity contribution in [2.24, 2.45) is 17.6 Å². The molecule has 4 atom stereocenters. The fraction of sp³-hybridized carbons (Fsp3) is 0.630. The molecule has 0 heterocycles. The zero-order valence-corrected chi connectivity index (χ0v) is 23.1. The Kier molecular flexibility index (Phi) is 13.1. The number of benzene rings is 1. The molecule has 0 bridgehead atoms. The second kappa shape index (κ2) is 15.2. The van der Waals surface area contributed by atoms with E-state index in [-0.39, 0.29) is 29.9 Å². The van der Waals surface area contributed by atoms with Crippen molar-refractivity contribution >= 4 is 24.1 Å². The molecular formula is C27H41NO9. The van der Waals surface area contributed by atoms with Crippen LogP contribution in [0.5, 0.6) is 11.5 Å². The lowest BCUT2D eigenvalue weighted by atomic mass is 10.1. The van der Waals surface area contributed by atoms with Crippen molar-refractivity contribution in [3.63, 3.8) is 0 Å². The molecule has 1 aromatic rings. The van der Waals surface area contributed by atoms with Crippen LogP contribution in [-0.4, -0.2) is 48.4 Å². The number of esters is 3. The smallest absolute Gasteiger partial charge is 0.458 e. The number of hydrogen-bond acceptors (Lipinski definition) is 10. The fourth-order valence-electron chi connectivity index (χ4n) is 2.90. The summed E-state index contributed by atoms with van der Waals surface area (Å²) in [7, 11) is 0. The normalized spacial score (nSPS) is 14.4. The zero-order valence-electron chi connectivity index (χ0n) is 23.1. The zero-order chi connectivity index (χ0) is 28.3. The molecule has 1 rings (SSSR count). The van der Waals surface area contributed by atoms with Crippen LogP contribution in [0.15, 0.2) is 18.2 Å². The number of carbonyl (C=O) groups is 4. The van der Waals surface area contributed by atoms with Crippen molar-refractivity contribution in [3.8, 4) is 11.5 Å². The minimum absolute atomic E-state index is 0.0528. The van der Waals surface area contributed by atoms with Crippen LogP contribution in [0.2, 0.25) is 0 Å². The lowest BCUT2D eigenvalue weighted by Crippen LogP contribution is -2.39. The predicted molar refractivity (Wildman–Crippen MR) is 136 cm³/mol. The summed E-state index contributed by atoms with van der Waals surface area (Å²) in [6.07, 6.45) is -1.00. The molecular weight excluding hydrogens is 482 g/mol. The Hall–Kier alpha value is -3.14. The van der Waals surface area contributed by atoms with Gasteiger partial charge in [0.1, 0.15) is 24.4 Å². The Balaban J connectivity index is 2.84. The largest absolute Gasteiger partial charge is 0.508 e. The number of nitrogens with two attached hydrogens (primary N) is 1. The van der Waals surface area contributed by atoms with E-state index in [0.717, 1.165) is 6.42 Å². The monoisotopic (exact) mass is 523 g/mol. The molecule has 0 amide bonds. The van der Waals surface area contributed by atoms with Crippen molar-refractivity contribution < 1.29 is 42.9 Å². The average Bonchev–Trinajstić information content (AvgIpc) is 2.80. The van der Waals surface area contributed by atoms with Gasteiger partial charge in [0.2, 0.25) is 0 Å². The minimum Gasteiger partial charge on any atom is -0.458 e. The molecule has 0 saturated heterocycles. The topological polar surface area (TPSA) is 140 Å². The highest BCUT2D eigenvalue weighted by Crippen LogP contribution is 2.30. The first-order valence-electron chi connectivity index (χ1n) is 12.6. The van der Waals surface area contributed by atoms with Crippen LogP contribution in [-0.2, 0) is 35.0 Å². The van der Waals surface area contributed by atoms with Crippen molar-refractivity contribution in [3.05, 3.63) is 23.8 Å². The van der Waals surface area contributed by atoms with Gasteiger partial charge in [-0.05, 0) is 51.3 Å². The molecule has 0 fully saturated rings. The van der Waals surface area contributed by atoms with E-state index in [4.69, 9.17) is 29.4 Å². The maximum atomic E-state index is 12.6. The molecule has 0 radical (unpaired) electrons. The first kappa shape index (κ1) is 31.9. The highest BCUT2D eigenvalue weighted by atomic mass is 16.7. The summed E-state index contributed by atoms with van der Waals surface area (Å²) in [4.78, 5) is 48.7. The standard InChI is InChI=1S/C27H41NO9/c1-9-10-17(6)33-27(32)35-19(8)18(7)34-26(31)21(28)13-20-11-12-22(36-24(29)15(2)3)23(14-20)37-25(30)16(4)5/h11-12,14-19,21H,9-10,13,28H2,1-8H3/t17?,18-,19-,21-/m0/s1. The number of ether oxygens (including phenoxy) is 5. The third-order valence-corrected chi connectivity index (χ3v) is 5.37. The van der Waals surface area contributed by atoms with E-state index < -0.39 is 48.2 Å². The second-order valence-electron chi connectivity index (χ2n) is 9.68. The first-order chi connectivity index (χ1) is 17.2. The second-order valence-corrected chi connectivity index (χ2v) is 9.68. The Bertz CT molecular complexity index is 928. The van der Waals surface area contributed by atoms with Crippen LogP contribution >= 0.6 is 0 Å². The van der Waals surface area contributed by atoms with Gasteiger partial charge in [0.25, 0.3) is 0 Å². The molecule has 1 unspecified atom stereocenters. The van der Waals surface area contributed by atoms with E-state index in [2.05, 4.69) is 0 Å². The van der Waals surface area contributed by atoms with Gasteiger partial charge in [0, 0.05) is 0 Å². The highest BCUT2D eigenvalue weighted by Gasteiger charge is 2.26. The van der Waals surface area contributed by atoms with Crippen LogP contribution < -0.4 is 15.2 Å². The van der Waals surface area contributed by atoms with Gasteiger partial charge in [-0.1, -0.05) is 47.1 Å². The summed E-state index contributed by atoms with van der Waals surface area (Å²) in [6.45, 7) is 13.6. The molecule has 0 saturated carbocycles. The summed E-state index contributed by atoms with van der Waals surface area (Å²) in [6, 6.07) is 3.55. The van der Waals surface area contributed by atoms with Crippen LogP contribution in [0, 0.1) is 11.8 Å². The minimum atomic E-state index is -1.05. The summed E-state index contributed by atoms with van der Waals surface area (Å²) < 4.78 is 26.5. The maximum absolute atomic E-state index is 12.6. The van der Waals surface area contributed by atoms with Crippen LogP contribution in [0.3, 0.4) is 0 Å². The SMILES string of the molecule is CCCC(C)OC(=O)O[C@@H](C)[C@H](C)OC(=O)[C@@H](N)Cc1ccc(OC(=O)C(C)C)c(OC(=O)C(C)C)c1. The molecule has 0 aromatic heterocycles. The van der Waals surface area contributed by atoms with E-state index in [0.29, 0.717) is 12.0 Å². The Morgan fingerprint density at radius 1 is 0.757 bits per heavy atom. The lowest BCUT2D eigenvalue weighted by molar-refractivity contribution is -0.155. The van der Waals surface area contributed by atoms with E-state index in [9.17, 15) is 19.2 Å². The van der Waals surface area contributed by atoms with E-state index in [1.807, 2.05) is 6.92 Å². The third kappa shape index (κ3) is 11.2. The van der Waals surface area contributed by atoms with E-state index in [1.165, 1.54) is 12.1 Å². The van der Waals surface area contributed by atoms with Crippen LogP contribution in [0.25, 0.3) is 0 Å². The Morgan fingerprint density at radius 2 is 1.30 bits per heavy atom. The van der Waals surface area contributed by atoms with Gasteiger partial charge in [-0.2, -0.15) is 0 Å². The van der Waals surface area contributed by atoms with Crippen molar-refractivity contribution in [1.29, 1.82) is 0 Å². The van der Waals surface area contributed by atoms with Gasteiger partial charge < -0.3 is 29.4 Å². The third-order valence-electron chi connectivity index (χ3n) is 5.37. The molecule has 0 aliphatic carbocycles. The molecule has 208 valence electrons. The molecule has 2 N–H and O–H groups in total. The maximum Gasteiger partial charge on any atom is 0.508 e. The lowest BCUT2D eigenvalue weighted by Gasteiger charge is -2.23. The van der Waals surface area contributed by atoms with Crippen molar-refractivity contribution in [2.45, 2.75) is 99.0 Å². The van der Waals surface area contributed by atoms with Gasteiger partial charge in [0.05, 0.1) is 11.8 Å². The molecule has 10 heteroatoms. The van der Waals surface area contributed by atoms with E-state index in [1.54, 1.807) is 54.5 Å². The van der Waals surface area contributed by atoms with Crippen molar-refractivity contribution in [2.75, 3.05) is 0 Å². The quantitative estimate of drug-likeness (QED) is 0.293. The van der Waals surface area contributed by atoms with Crippen molar-refractivity contribution in [1.82, 2.24) is 0 Å². The summed E-state index contributed by atoms with van der Waals surface area (Å²) >= 11 is 0. The summed E-state index contributed by atoms with van der Waals surface area (Å²) in [5, 5.41) is 0. The van der Waals surface area contributed by atoms with Gasteiger partial charge in [-0.25, -0.2) is 4.79 Å². The van der Waals surface area contributed by atoms with Gasteiger partial charge in [-0.15, -0.1) is 0 Å². The van der Waals surface area contributed by atoms with Crippen LogP contribution in [0.4, 0.5) is 4.79 Å². The number of hydrogen-bond donors (Lipinski definition) is 1. The predicted octanol–water partition coefficient (Wildman–Crippen LogP) is 4.34. The first-order valence-corrected chi connectivity index (χ1v) is 12.6. The fourth-order valence-corrected chi connectivity index (χ4v) is 2.90. The van der Waals surface area contributed by atoms with E-state index >= 15 is 0 Å². The van der Waals surface area contributed by atoms with Gasteiger partial charge in [-0.3, -0.25) is 14.4 Å². The number of carbonyl (C=O) groups excluding carboxylic acids is 4. The van der Waals surface area contributed by atoms with Gasteiger partial charge in [0.15, 0.2) is 11.5 Å². The molecule has 37 heavy (non-hydrogen) atoms. The molecule has 0 aliphatic rings. The van der Waals surface area contributed by atoms with Gasteiger partial charge >= 0.3 is 24.1 Å². The average molecular weight is 524 g/mol. The summed E-state index contributed by atoms with van der Waals surface area (Å²) in [5.74, 6) is -2.34. The van der Waals surface area contributed by atoms with Crippen LogP contribution in [0.1, 0.15) is 73.8 Å². The molecule has 0 aliphatic heterocycles. The Morgan fingerprint density at radius 3 is 1.84 bits per heavy atom. The molecule has 0 spiro atoms. The summed E-state index contributed by atoms with van der Waals surface area (Å²) in [5.41, 5.74) is 6.62. The number of rotatable bonds is 13.